The Hall–Kier alpha value is -1.62. The number of halogens is 1. The molecular formula is C17H27FN4. The van der Waals surface area contributed by atoms with E-state index in [1.807, 2.05) is 12.1 Å². The Kier molecular flexibility index (Phi) is 7.16. The number of hydrogen-bond acceptors (Lipinski definition) is 2. The fourth-order valence-corrected chi connectivity index (χ4v) is 2.75. The molecule has 0 unspecified atom stereocenters. The van der Waals surface area contributed by atoms with Gasteiger partial charge in [-0.2, -0.15) is 0 Å². The maximum Gasteiger partial charge on any atom is 0.190 e. The molecule has 1 aromatic carbocycles. The van der Waals surface area contributed by atoms with E-state index in [1.165, 1.54) is 32.0 Å². The van der Waals surface area contributed by atoms with Crippen molar-refractivity contribution in [3.05, 3.63) is 35.6 Å². The number of nitrogens with zero attached hydrogens (tertiary/aromatic N) is 2. The summed E-state index contributed by atoms with van der Waals surface area (Å²) in [5, 5.41) is 6.54. The number of aliphatic imine (C=N–C) groups is 1. The van der Waals surface area contributed by atoms with Crippen molar-refractivity contribution in [1.82, 2.24) is 15.5 Å². The molecule has 0 amide bonds. The topological polar surface area (TPSA) is 39.7 Å². The third kappa shape index (κ3) is 5.64. The summed E-state index contributed by atoms with van der Waals surface area (Å²) in [7, 11) is 1.76. The highest BCUT2D eigenvalue weighted by Gasteiger charge is 2.10. The van der Waals surface area contributed by atoms with Crippen molar-refractivity contribution >= 4 is 5.96 Å². The quantitative estimate of drug-likeness (QED) is 0.460. The van der Waals surface area contributed by atoms with Gasteiger partial charge >= 0.3 is 0 Å². The Morgan fingerprint density at radius 1 is 1.18 bits per heavy atom. The summed E-state index contributed by atoms with van der Waals surface area (Å²) in [5.74, 6) is 0.649. The third-order valence-corrected chi connectivity index (χ3v) is 4.01. The van der Waals surface area contributed by atoms with Crippen molar-refractivity contribution in [2.24, 2.45) is 4.99 Å². The number of guanidine groups is 1. The van der Waals surface area contributed by atoms with E-state index in [-0.39, 0.29) is 5.82 Å². The summed E-state index contributed by atoms with van der Waals surface area (Å²) in [6, 6.07) is 6.90. The van der Waals surface area contributed by atoms with Crippen molar-refractivity contribution in [3.8, 4) is 0 Å². The lowest BCUT2D eigenvalue weighted by Crippen LogP contribution is -2.39. The molecule has 0 atom stereocenters. The molecule has 4 nitrogen and oxygen atoms in total. The van der Waals surface area contributed by atoms with Crippen molar-refractivity contribution in [1.29, 1.82) is 0 Å². The second kappa shape index (κ2) is 9.41. The molecule has 22 heavy (non-hydrogen) atoms. The standard InChI is InChI=1S/C17H27FN4/c1-19-17(20-10-6-14-22-12-4-5-13-22)21-11-9-15-7-2-3-8-16(15)18/h2-3,7-8H,4-6,9-14H2,1H3,(H2,19,20,21). The van der Waals surface area contributed by atoms with Gasteiger partial charge in [0.15, 0.2) is 5.96 Å². The summed E-state index contributed by atoms with van der Waals surface area (Å²) in [6.45, 7) is 5.23. The Morgan fingerprint density at radius 3 is 2.64 bits per heavy atom. The molecule has 1 fully saturated rings. The first-order chi connectivity index (χ1) is 10.8. The molecule has 2 N–H and O–H groups in total. The van der Waals surface area contributed by atoms with Crippen molar-refractivity contribution < 1.29 is 4.39 Å². The average Bonchev–Trinajstić information content (AvgIpc) is 3.05. The molecule has 1 heterocycles. The van der Waals surface area contributed by atoms with Gasteiger partial charge in [-0.05, 0) is 56.9 Å². The second-order valence-electron chi connectivity index (χ2n) is 5.67. The molecule has 1 aliphatic heterocycles. The largest absolute Gasteiger partial charge is 0.356 e. The van der Waals surface area contributed by atoms with Crippen LogP contribution >= 0.6 is 0 Å². The van der Waals surface area contributed by atoms with E-state index >= 15 is 0 Å². The van der Waals surface area contributed by atoms with Crippen LogP contribution in [0.25, 0.3) is 0 Å². The van der Waals surface area contributed by atoms with Crippen LogP contribution in [0, 0.1) is 5.82 Å². The molecule has 0 bridgehead atoms. The molecule has 0 aromatic heterocycles. The van der Waals surface area contributed by atoms with E-state index in [4.69, 9.17) is 0 Å². The van der Waals surface area contributed by atoms with Gasteiger partial charge in [0.2, 0.25) is 0 Å². The minimum Gasteiger partial charge on any atom is -0.356 e. The summed E-state index contributed by atoms with van der Waals surface area (Å²) >= 11 is 0. The Morgan fingerprint density at radius 2 is 1.91 bits per heavy atom. The average molecular weight is 306 g/mol. The molecule has 5 heteroatoms. The fourth-order valence-electron chi connectivity index (χ4n) is 2.75. The van der Waals surface area contributed by atoms with E-state index in [0.29, 0.717) is 13.0 Å². The molecular weight excluding hydrogens is 279 g/mol. The monoisotopic (exact) mass is 306 g/mol. The molecule has 0 saturated carbocycles. The van der Waals surface area contributed by atoms with Crippen LogP contribution in [0.4, 0.5) is 4.39 Å². The SMILES string of the molecule is CN=C(NCCCN1CCCC1)NCCc1ccccc1F. The maximum atomic E-state index is 13.5. The van der Waals surface area contributed by atoms with Gasteiger partial charge in [-0.3, -0.25) is 4.99 Å². The van der Waals surface area contributed by atoms with E-state index in [9.17, 15) is 4.39 Å². The molecule has 0 aliphatic carbocycles. The van der Waals surface area contributed by atoms with Gasteiger partial charge in [0.25, 0.3) is 0 Å². The summed E-state index contributed by atoms with van der Waals surface area (Å²) in [4.78, 5) is 6.71. The smallest absolute Gasteiger partial charge is 0.190 e. The van der Waals surface area contributed by atoms with Crippen LogP contribution in [0.2, 0.25) is 0 Å². The van der Waals surface area contributed by atoms with Crippen LogP contribution in [0.15, 0.2) is 29.3 Å². The Bertz CT molecular complexity index is 469. The number of likely N-dealkylation sites (tertiary alicyclic amines) is 1. The first-order valence-corrected chi connectivity index (χ1v) is 8.20. The van der Waals surface area contributed by atoms with E-state index in [1.54, 1.807) is 13.1 Å². The lowest BCUT2D eigenvalue weighted by atomic mass is 10.1. The molecule has 0 spiro atoms. The predicted molar refractivity (Wildman–Crippen MR) is 89.8 cm³/mol. The van der Waals surface area contributed by atoms with Gasteiger partial charge in [0.1, 0.15) is 5.82 Å². The number of hydrogen-bond donors (Lipinski definition) is 2. The minimum atomic E-state index is -0.141. The molecule has 1 aromatic rings. The molecule has 122 valence electrons. The van der Waals surface area contributed by atoms with Gasteiger partial charge in [-0.1, -0.05) is 18.2 Å². The number of rotatable bonds is 7. The minimum absolute atomic E-state index is 0.141. The van der Waals surface area contributed by atoms with Crippen molar-refractivity contribution in [3.63, 3.8) is 0 Å². The van der Waals surface area contributed by atoms with Crippen LogP contribution < -0.4 is 10.6 Å². The lowest BCUT2D eigenvalue weighted by Gasteiger charge is -2.16. The highest BCUT2D eigenvalue weighted by molar-refractivity contribution is 5.79. The normalized spacial score (nSPS) is 16.0. The van der Waals surface area contributed by atoms with Crippen LogP contribution in [0.1, 0.15) is 24.8 Å². The second-order valence-corrected chi connectivity index (χ2v) is 5.67. The highest BCUT2D eigenvalue weighted by atomic mass is 19.1. The van der Waals surface area contributed by atoms with Gasteiger partial charge < -0.3 is 15.5 Å². The first-order valence-electron chi connectivity index (χ1n) is 8.20. The van der Waals surface area contributed by atoms with Crippen molar-refractivity contribution in [2.75, 3.05) is 39.8 Å². The third-order valence-electron chi connectivity index (χ3n) is 4.01. The van der Waals surface area contributed by atoms with Crippen LogP contribution in [-0.2, 0) is 6.42 Å². The van der Waals surface area contributed by atoms with Crippen molar-refractivity contribution in [2.45, 2.75) is 25.7 Å². The maximum absolute atomic E-state index is 13.5. The Balaban J connectivity index is 1.59. The highest BCUT2D eigenvalue weighted by Crippen LogP contribution is 2.07. The summed E-state index contributed by atoms with van der Waals surface area (Å²) < 4.78 is 13.5. The molecule has 2 rings (SSSR count). The van der Waals surface area contributed by atoms with Gasteiger partial charge in [-0.25, -0.2) is 4.39 Å². The Labute approximate surface area is 132 Å². The number of nitrogens with one attached hydrogen (secondary N) is 2. The summed E-state index contributed by atoms with van der Waals surface area (Å²) in [6.07, 6.45) is 4.45. The van der Waals surface area contributed by atoms with Crippen LogP contribution in [-0.4, -0.2) is 50.6 Å². The predicted octanol–water partition coefficient (Wildman–Crippen LogP) is 2.02. The van der Waals surface area contributed by atoms with Crippen LogP contribution in [0.3, 0.4) is 0 Å². The zero-order chi connectivity index (χ0) is 15.6. The fraction of sp³-hybridized carbons (Fsp3) is 0.588. The first kappa shape index (κ1) is 16.7. The van der Waals surface area contributed by atoms with Gasteiger partial charge in [0.05, 0.1) is 0 Å². The van der Waals surface area contributed by atoms with Gasteiger partial charge in [-0.15, -0.1) is 0 Å². The summed E-state index contributed by atoms with van der Waals surface area (Å²) in [5.41, 5.74) is 0.736. The zero-order valence-corrected chi connectivity index (χ0v) is 13.4. The molecule has 0 radical (unpaired) electrons. The lowest BCUT2D eigenvalue weighted by molar-refractivity contribution is 0.334. The van der Waals surface area contributed by atoms with E-state index in [2.05, 4.69) is 20.5 Å². The molecule has 1 saturated heterocycles. The van der Waals surface area contributed by atoms with E-state index in [0.717, 1.165) is 31.0 Å². The zero-order valence-electron chi connectivity index (χ0n) is 13.4. The van der Waals surface area contributed by atoms with Gasteiger partial charge in [0, 0.05) is 20.1 Å². The van der Waals surface area contributed by atoms with Crippen LogP contribution in [0.5, 0.6) is 0 Å². The molecule has 1 aliphatic rings. The number of benzene rings is 1. The van der Waals surface area contributed by atoms with E-state index < -0.39 is 0 Å².